The van der Waals surface area contributed by atoms with Gasteiger partial charge in [-0.15, -0.1) is 0 Å². The van der Waals surface area contributed by atoms with Crippen LogP contribution in [0.1, 0.15) is 56.4 Å². The van der Waals surface area contributed by atoms with Crippen LogP contribution in [0.15, 0.2) is 6.20 Å². The van der Waals surface area contributed by atoms with Gasteiger partial charge in [-0.1, -0.05) is 0 Å². The summed E-state index contributed by atoms with van der Waals surface area (Å²) < 4.78 is 11.3. The molecule has 0 aromatic carbocycles. The summed E-state index contributed by atoms with van der Waals surface area (Å²) in [6, 6.07) is 0.164. The predicted molar refractivity (Wildman–Crippen MR) is 103 cm³/mol. The molecule has 0 spiro atoms. The molecule has 0 bridgehead atoms. The summed E-state index contributed by atoms with van der Waals surface area (Å²) >= 11 is 0. The van der Waals surface area contributed by atoms with Gasteiger partial charge >= 0.3 is 6.03 Å². The van der Waals surface area contributed by atoms with Gasteiger partial charge in [0.1, 0.15) is 5.75 Å². The fourth-order valence-corrected chi connectivity index (χ4v) is 3.54. The first-order chi connectivity index (χ1) is 12.3. The van der Waals surface area contributed by atoms with E-state index in [4.69, 9.17) is 9.47 Å². The molecule has 6 heteroatoms. The van der Waals surface area contributed by atoms with Crippen molar-refractivity contribution in [3.05, 3.63) is 23.0 Å². The Labute approximate surface area is 157 Å². The second-order valence-electron chi connectivity index (χ2n) is 7.51. The Morgan fingerprint density at radius 3 is 2.54 bits per heavy atom. The maximum Gasteiger partial charge on any atom is 0.317 e. The molecule has 0 aliphatic heterocycles. The van der Waals surface area contributed by atoms with Gasteiger partial charge < -0.3 is 19.7 Å². The van der Waals surface area contributed by atoms with Crippen molar-refractivity contribution >= 4 is 6.03 Å². The Hall–Kier alpha value is -1.82. The summed E-state index contributed by atoms with van der Waals surface area (Å²) in [6.07, 6.45) is 6.32. The highest BCUT2D eigenvalue weighted by Gasteiger charge is 2.24. The molecule has 26 heavy (non-hydrogen) atoms. The number of nitrogens with zero attached hydrogens (tertiary/aromatic N) is 2. The Morgan fingerprint density at radius 1 is 1.31 bits per heavy atom. The third-order valence-corrected chi connectivity index (χ3v) is 4.95. The van der Waals surface area contributed by atoms with Gasteiger partial charge in [0.25, 0.3) is 0 Å². The van der Waals surface area contributed by atoms with Crippen LogP contribution in [0, 0.1) is 13.8 Å². The monoisotopic (exact) mass is 363 g/mol. The summed E-state index contributed by atoms with van der Waals surface area (Å²) in [5, 5.41) is 3.14. The van der Waals surface area contributed by atoms with Gasteiger partial charge in [0.2, 0.25) is 0 Å². The first-order valence-electron chi connectivity index (χ1n) is 9.48. The lowest BCUT2D eigenvalue weighted by Gasteiger charge is -2.31. The minimum Gasteiger partial charge on any atom is -0.496 e. The van der Waals surface area contributed by atoms with Crippen molar-refractivity contribution in [1.82, 2.24) is 15.2 Å². The zero-order valence-corrected chi connectivity index (χ0v) is 17.0. The fourth-order valence-electron chi connectivity index (χ4n) is 3.54. The topological polar surface area (TPSA) is 63.7 Å². The number of amides is 2. The van der Waals surface area contributed by atoms with Crippen LogP contribution >= 0.6 is 0 Å². The molecule has 1 aromatic heterocycles. The van der Waals surface area contributed by atoms with Gasteiger partial charge in [0.05, 0.1) is 31.6 Å². The highest BCUT2D eigenvalue weighted by Crippen LogP contribution is 2.25. The number of hydrogen-bond donors (Lipinski definition) is 1. The van der Waals surface area contributed by atoms with Crippen molar-refractivity contribution in [2.45, 2.75) is 78.2 Å². The predicted octanol–water partition coefficient (Wildman–Crippen LogP) is 3.58. The Kier molecular flexibility index (Phi) is 7.26. The van der Waals surface area contributed by atoms with Crippen molar-refractivity contribution in [2.75, 3.05) is 14.2 Å². The van der Waals surface area contributed by atoms with Crippen molar-refractivity contribution in [3.63, 3.8) is 0 Å². The van der Waals surface area contributed by atoms with Crippen molar-refractivity contribution in [3.8, 4) is 5.75 Å². The standard InChI is InChI=1S/C20H33N3O3/c1-13(2)26-17-9-7-16(8-10-17)22-20(24)23(5)12-18-15(4)19(25-6)14(3)11-21-18/h11,13,16-17H,7-10,12H2,1-6H3,(H,22,24). The van der Waals surface area contributed by atoms with E-state index in [0.717, 1.165) is 48.3 Å². The van der Waals surface area contributed by atoms with E-state index >= 15 is 0 Å². The molecule has 0 atom stereocenters. The van der Waals surface area contributed by atoms with Crippen LogP contribution in [-0.4, -0.2) is 48.3 Å². The lowest BCUT2D eigenvalue weighted by Crippen LogP contribution is -2.45. The second kappa shape index (κ2) is 9.21. The minimum absolute atomic E-state index is 0.0565. The maximum absolute atomic E-state index is 12.5. The lowest BCUT2D eigenvalue weighted by atomic mass is 9.93. The smallest absolute Gasteiger partial charge is 0.317 e. The van der Waals surface area contributed by atoms with Crippen LogP contribution in [-0.2, 0) is 11.3 Å². The number of ether oxygens (including phenoxy) is 2. The summed E-state index contributed by atoms with van der Waals surface area (Å²) in [4.78, 5) is 18.7. The molecule has 1 aliphatic carbocycles. The van der Waals surface area contributed by atoms with Gasteiger partial charge in [-0.2, -0.15) is 0 Å². The van der Waals surface area contributed by atoms with E-state index in [1.807, 2.05) is 13.8 Å². The highest BCUT2D eigenvalue weighted by atomic mass is 16.5. The Morgan fingerprint density at radius 2 is 1.96 bits per heavy atom. The van der Waals surface area contributed by atoms with Crippen LogP contribution < -0.4 is 10.1 Å². The molecule has 1 saturated carbocycles. The molecule has 0 saturated heterocycles. The number of aromatic nitrogens is 1. The number of urea groups is 1. The zero-order valence-electron chi connectivity index (χ0n) is 17.0. The molecule has 1 heterocycles. The maximum atomic E-state index is 12.5. The molecule has 6 nitrogen and oxygen atoms in total. The van der Waals surface area contributed by atoms with E-state index in [2.05, 4.69) is 24.1 Å². The van der Waals surface area contributed by atoms with Crippen molar-refractivity contribution in [1.29, 1.82) is 0 Å². The van der Waals surface area contributed by atoms with Gasteiger partial charge in [-0.25, -0.2) is 4.79 Å². The van der Waals surface area contributed by atoms with Crippen LogP contribution in [0.4, 0.5) is 4.79 Å². The van der Waals surface area contributed by atoms with Gasteiger partial charge in [0, 0.05) is 30.4 Å². The third-order valence-electron chi connectivity index (χ3n) is 4.95. The molecule has 146 valence electrons. The molecule has 0 radical (unpaired) electrons. The second-order valence-corrected chi connectivity index (χ2v) is 7.51. The Bertz CT molecular complexity index is 611. The third kappa shape index (κ3) is 5.34. The molecular formula is C20H33N3O3. The number of pyridine rings is 1. The SMILES string of the molecule is COc1c(C)cnc(CN(C)C(=O)NC2CCC(OC(C)C)CC2)c1C. The van der Waals surface area contributed by atoms with Gasteiger partial charge in [-0.3, -0.25) is 4.98 Å². The zero-order chi connectivity index (χ0) is 19.3. The summed E-state index contributed by atoms with van der Waals surface area (Å²) in [7, 11) is 3.46. The van der Waals surface area contributed by atoms with Crippen molar-refractivity contribution in [2.24, 2.45) is 0 Å². The molecule has 2 amide bonds. The molecule has 1 fully saturated rings. The quantitative estimate of drug-likeness (QED) is 0.839. The van der Waals surface area contributed by atoms with E-state index < -0.39 is 0 Å². The number of carbonyl (C=O) groups excluding carboxylic acids is 1. The first-order valence-corrected chi connectivity index (χ1v) is 9.48. The molecular weight excluding hydrogens is 330 g/mol. The van der Waals surface area contributed by atoms with Gasteiger partial charge in [-0.05, 0) is 53.4 Å². The molecule has 2 rings (SSSR count). The largest absolute Gasteiger partial charge is 0.496 e. The fraction of sp³-hybridized carbons (Fsp3) is 0.700. The van der Waals surface area contributed by atoms with E-state index in [-0.39, 0.29) is 18.2 Å². The number of aryl methyl sites for hydroxylation is 1. The summed E-state index contributed by atoms with van der Waals surface area (Å²) in [5.41, 5.74) is 2.85. The summed E-state index contributed by atoms with van der Waals surface area (Å²) in [5.74, 6) is 0.840. The van der Waals surface area contributed by atoms with E-state index in [1.165, 1.54) is 0 Å². The minimum atomic E-state index is -0.0565. The molecule has 1 aliphatic rings. The molecule has 1 N–H and O–H groups in total. The number of methoxy groups -OCH3 is 1. The van der Waals surface area contributed by atoms with Crippen molar-refractivity contribution < 1.29 is 14.3 Å². The normalized spacial score (nSPS) is 20.1. The van der Waals surface area contributed by atoms with Gasteiger partial charge in [0.15, 0.2) is 0 Å². The number of carbonyl (C=O) groups is 1. The molecule has 0 unspecified atom stereocenters. The van der Waals surface area contributed by atoms with Crippen LogP contribution in [0.3, 0.4) is 0 Å². The van der Waals surface area contributed by atoms with E-state index in [0.29, 0.717) is 12.6 Å². The molecule has 1 aromatic rings. The Balaban J connectivity index is 1.87. The number of hydrogen-bond acceptors (Lipinski definition) is 4. The van der Waals surface area contributed by atoms with Crippen LogP contribution in [0.25, 0.3) is 0 Å². The average Bonchev–Trinajstić information content (AvgIpc) is 2.59. The number of rotatable bonds is 6. The van der Waals surface area contributed by atoms with Crippen LogP contribution in [0.2, 0.25) is 0 Å². The first kappa shape index (κ1) is 20.5. The van der Waals surface area contributed by atoms with Crippen LogP contribution in [0.5, 0.6) is 5.75 Å². The summed E-state index contributed by atoms with van der Waals surface area (Å²) in [6.45, 7) is 8.55. The highest BCUT2D eigenvalue weighted by molar-refractivity contribution is 5.74. The number of nitrogens with one attached hydrogen (secondary N) is 1. The average molecular weight is 364 g/mol. The lowest BCUT2D eigenvalue weighted by molar-refractivity contribution is -0.0157. The van der Waals surface area contributed by atoms with E-state index in [1.54, 1.807) is 25.3 Å². The van der Waals surface area contributed by atoms with E-state index in [9.17, 15) is 4.79 Å².